The fourth-order valence-corrected chi connectivity index (χ4v) is 2.36. The molecule has 2 aromatic carbocycles. The summed E-state index contributed by atoms with van der Waals surface area (Å²) in [6, 6.07) is 10.7. The lowest BCUT2D eigenvalue weighted by Crippen LogP contribution is -2.07. The van der Waals surface area contributed by atoms with E-state index in [-0.39, 0.29) is 5.75 Å². The van der Waals surface area contributed by atoms with Crippen molar-refractivity contribution in [2.24, 2.45) is 0 Å². The topological polar surface area (TPSA) is 9.23 Å². The number of hydrogen-bond acceptors (Lipinski definition) is 1. The SMILES string of the molecule is FC(F)(F)c1cc(CBr)ccc1Oc1cccc(Br)c1. The maximum Gasteiger partial charge on any atom is 0.419 e. The van der Waals surface area contributed by atoms with Gasteiger partial charge < -0.3 is 4.74 Å². The van der Waals surface area contributed by atoms with Crippen LogP contribution < -0.4 is 4.74 Å². The molecule has 0 unspecified atom stereocenters. The second-order valence-corrected chi connectivity index (χ2v) is 5.50. The first-order valence-corrected chi connectivity index (χ1v) is 7.51. The Morgan fingerprint density at radius 3 is 2.40 bits per heavy atom. The quantitative estimate of drug-likeness (QED) is 0.552. The van der Waals surface area contributed by atoms with Crippen LogP contribution in [-0.4, -0.2) is 0 Å². The Kier molecular flexibility index (Phi) is 4.75. The van der Waals surface area contributed by atoms with Crippen LogP contribution in [0.1, 0.15) is 11.1 Å². The minimum Gasteiger partial charge on any atom is -0.457 e. The molecule has 0 radical (unpaired) electrons. The fraction of sp³-hybridized carbons (Fsp3) is 0.143. The van der Waals surface area contributed by atoms with Gasteiger partial charge in [-0.3, -0.25) is 0 Å². The first kappa shape index (κ1) is 15.4. The Morgan fingerprint density at radius 1 is 1.05 bits per heavy atom. The lowest BCUT2D eigenvalue weighted by molar-refractivity contribution is -0.138. The summed E-state index contributed by atoms with van der Waals surface area (Å²) in [5.74, 6) is 0.136. The fourth-order valence-electron chi connectivity index (χ4n) is 1.63. The Balaban J connectivity index is 2.41. The van der Waals surface area contributed by atoms with Crippen LogP contribution >= 0.6 is 31.9 Å². The first-order valence-electron chi connectivity index (χ1n) is 5.59. The first-order chi connectivity index (χ1) is 9.40. The average Bonchev–Trinajstić information content (AvgIpc) is 2.38. The molecule has 0 aromatic heterocycles. The summed E-state index contributed by atoms with van der Waals surface area (Å²) in [6.07, 6.45) is -4.46. The molecule has 0 saturated carbocycles. The second kappa shape index (κ2) is 6.18. The maximum atomic E-state index is 13.0. The smallest absolute Gasteiger partial charge is 0.419 e. The Labute approximate surface area is 131 Å². The van der Waals surface area contributed by atoms with Crippen molar-refractivity contribution in [3.05, 3.63) is 58.1 Å². The third-order valence-electron chi connectivity index (χ3n) is 2.53. The lowest BCUT2D eigenvalue weighted by atomic mass is 10.1. The van der Waals surface area contributed by atoms with E-state index in [4.69, 9.17) is 4.74 Å². The number of ether oxygens (including phenoxy) is 1. The molecule has 0 aliphatic heterocycles. The van der Waals surface area contributed by atoms with E-state index < -0.39 is 11.7 Å². The highest BCUT2D eigenvalue weighted by atomic mass is 79.9. The molecule has 106 valence electrons. The van der Waals surface area contributed by atoms with E-state index >= 15 is 0 Å². The third kappa shape index (κ3) is 3.76. The molecule has 2 aromatic rings. The number of rotatable bonds is 3. The van der Waals surface area contributed by atoms with Crippen molar-refractivity contribution in [3.8, 4) is 11.5 Å². The molecule has 0 bridgehead atoms. The summed E-state index contributed by atoms with van der Waals surface area (Å²) in [5, 5.41) is 0.354. The van der Waals surface area contributed by atoms with E-state index in [9.17, 15) is 13.2 Å². The van der Waals surface area contributed by atoms with E-state index in [0.717, 1.165) is 10.5 Å². The van der Waals surface area contributed by atoms with Crippen LogP contribution in [-0.2, 0) is 11.5 Å². The summed E-state index contributed by atoms with van der Waals surface area (Å²) in [5.41, 5.74) is -0.242. The van der Waals surface area contributed by atoms with E-state index in [1.165, 1.54) is 6.07 Å². The van der Waals surface area contributed by atoms with E-state index in [0.29, 0.717) is 16.6 Å². The van der Waals surface area contributed by atoms with Gasteiger partial charge in [-0.1, -0.05) is 44.0 Å². The van der Waals surface area contributed by atoms with Crippen LogP contribution in [0.5, 0.6) is 11.5 Å². The van der Waals surface area contributed by atoms with Crippen molar-refractivity contribution in [3.63, 3.8) is 0 Å². The van der Waals surface area contributed by atoms with Gasteiger partial charge in [-0.2, -0.15) is 13.2 Å². The summed E-state index contributed by atoms with van der Waals surface area (Å²) in [7, 11) is 0. The van der Waals surface area contributed by atoms with Gasteiger partial charge >= 0.3 is 6.18 Å². The molecule has 20 heavy (non-hydrogen) atoms. The van der Waals surface area contributed by atoms with Gasteiger partial charge in [-0.05, 0) is 35.9 Å². The molecule has 0 saturated heterocycles. The zero-order valence-electron chi connectivity index (χ0n) is 10.0. The van der Waals surface area contributed by atoms with Crippen LogP contribution in [0.4, 0.5) is 13.2 Å². The van der Waals surface area contributed by atoms with Gasteiger partial charge in [0.05, 0.1) is 5.56 Å². The van der Waals surface area contributed by atoms with Gasteiger partial charge in [0.2, 0.25) is 0 Å². The molecule has 0 aliphatic rings. The van der Waals surface area contributed by atoms with Gasteiger partial charge in [0.15, 0.2) is 0 Å². The number of hydrogen-bond donors (Lipinski definition) is 0. The zero-order valence-corrected chi connectivity index (χ0v) is 13.2. The normalized spacial score (nSPS) is 11.4. The van der Waals surface area contributed by atoms with Crippen LogP contribution in [0, 0.1) is 0 Å². The molecule has 0 amide bonds. The molecule has 6 heteroatoms. The molecule has 0 heterocycles. The predicted octanol–water partition coefficient (Wildman–Crippen LogP) is 6.16. The number of benzene rings is 2. The van der Waals surface area contributed by atoms with Gasteiger partial charge in [-0.15, -0.1) is 0 Å². The Bertz CT molecular complexity index is 612. The minimum atomic E-state index is -4.46. The van der Waals surface area contributed by atoms with Crippen LogP contribution in [0.2, 0.25) is 0 Å². The standard InChI is InChI=1S/C14H9Br2F3O/c15-8-9-4-5-13(12(6-9)14(17,18)19)20-11-3-1-2-10(16)7-11/h1-7H,8H2. The summed E-state index contributed by atoms with van der Waals surface area (Å²) in [6.45, 7) is 0. The highest BCUT2D eigenvalue weighted by Crippen LogP contribution is 2.39. The minimum absolute atomic E-state index is 0.208. The second-order valence-electron chi connectivity index (χ2n) is 4.02. The third-order valence-corrected chi connectivity index (χ3v) is 3.67. The summed E-state index contributed by atoms with van der Waals surface area (Å²) >= 11 is 6.39. The van der Waals surface area contributed by atoms with E-state index in [2.05, 4.69) is 31.9 Å². The van der Waals surface area contributed by atoms with Crippen molar-refractivity contribution in [2.75, 3.05) is 0 Å². The lowest BCUT2D eigenvalue weighted by Gasteiger charge is -2.15. The van der Waals surface area contributed by atoms with Crippen LogP contribution in [0.25, 0.3) is 0 Å². The largest absolute Gasteiger partial charge is 0.457 e. The van der Waals surface area contributed by atoms with Gasteiger partial charge in [-0.25, -0.2) is 0 Å². The van der Waals surface area contributed by atoms with Crippen LogP contribution in [0.15, 0.2) is 46.9 Å². The summed E-state index contributed by atoms with van der Waals surface area (Å²) in [4.78, 5) is 0. The van der Waals surface area contributed by atoms with Gasteiger partial charge in [0, 0.05) is 9.80 Å². The molecular weight excluding hydrogens is 401 g/mol. The maximum absolute atomic E-state index is 13.0. The summed E-state index contributed by atoms with van der Waals surface area (Å²) < 4.78 is 45.2. The van der Waals surface area contributed by atoms with Crippen molar-refractivity contribution in [1.29, 1.82) is 0 Å². The van der Waals surface area contributed by atoms with E-state index in [1.54, 1.807) is 30.3 Å². The van der Waals surface area contributed by atoms with Crippen molar-refractivity contribution >= 4 is 31.9 Å². The molecule has 0 atom stereocenters. The Hall–Kier alpha value is -1.01. The predicted molar refractivity (Wildman–Crippen MR) is 78.3 cm³/mol. The molecule has 0 fully saturated rings. The van der Waals surface area contributed by atoms with Crippen LogP contribution in [0.3, 0.4) is 0 Å². The molecule has 1 nitrogen and oxygen atoms in total. The molecule has 0 spiro atoms. The average molecular weight is 410 g/mol. The van der Waals surface area contributed by atoms with Gasteiger partial charge in [0.25, 0.3) is 0 Å². The highest BCUT2D eigenvalue weighted by molar-refractivity contribution is 9.10. The Morgan fingerprint density at radius 2 is 1.80 bits per heavy atom. The molecule has 2 rings (SSSR count). The number of halogens is 5. The molecule has 0 N–H and O–H groups in total. The van der Waals surface area contributed by atoms with Crippen molar-refractivity contribution in [2.45, 2.75) is 11.5 Å². The van der Waals surface area contributed by atoms with Crippen molar-refractivity contribution in [1.82, 2.24) is 0 Å². The number of alkyl halides is 4. The molecule has 0 aliphatic carbocycles. The molecular formula is C14H9Br2F3O. The van der Waals surface area contributed by atoms with Gasteiger partial charge in [0.1, 0.15) is 11.5 Å². The highest BCUT2D eigenvalue weighted by Gasteiger charge is 2.34. The van der Waals surface area contributed by atoms with Crippen molar-refractivity contribution < 1.29 is 17.9 Å². The zero-order chi connectivity index (χ0) is 14.8. The monoisotopic (exact) mass is 408 g/mol. The van der Waals surface area contributed by atoms with E-state index in [1.807, 2.05) is 0 Å².